The monoisotopic (exact) mass is 290 g/mol. The van der Waals surface area contributed by atoms with Crippen molar-refractivity contribution in [3.63, 3.8) is 0 Å². The van der Waals surface area contributed by atoms with Crippen molar-refractivity contribution < 1.29 is 8.78 Å². The zero-order valence-electron chi connectivity index (χ0n) is 11.6. The molecule has 1 fully saturated rings. The summed E-state index contributed by atoms with van der Waals surface area (Å²) in [7, 11) is 0. The molecule has 2 heterocycles. The highest BCUT2D eigenvalue weighted by atomic mass is 19.3. The minimum atomic E-state index is -2.63. The number of halogens is 2. The molecule has 0 amide bonds. The van der Waals surface area contributed by atoms with Crippen molar-refractivity contribution in [3.05, 3.63) is 36.2 Å². The number of nitrogens with two attached hydrogens (primary N) is 2. The molecule has 0 spiro atoms. The Balaban J connectivity index is 2.08. The third kappa shape index (κ3) is 2.30. The van der Waals surface area contributed by atoms with E-state index >= 15 is 0 Å². The third-order valence-corrected chi connectivity index (χ3v) is 3.99. The highest BCUT2D eigenvalue weighted by Crippen LogP contribution is 2.55. The Labute approximate surface area is 121 Å². The fourth-order valence-electron chi connectivity index (χ4n) is 3.02. The molecular weight excluding hydrogens is 274 g/mol. The summed E-state index contributed by atoms with van der Waals surface area (Å²) in [5, 5.41) is 0. The Morgan fingerprint density at radius 3 is 2.52 bits per heavy atom. The largest absolute Gasteiger partial charge is 0.396 e. The van der Waals surface area contributed by atoms with Crippen LogP contribution >= 0.6 is 0 Å². The van der Waals surface area contributed by atoms with Crippen LogP contribution in [0.25, 0.3) is 11.3 Å². The second-order valence-electron chi connectivity index (χ2n) is 5.87. The molecule has 2 aromatic heterocycles. The first kappa shape index (κ1) is 13.7. The van der Waals surface area contributed by atoms with Gasteiger partial charge in [-0.1, -0.05) is 6.92 Å². The summed E-state index contributed by atoms with van der Waals surface area (Å²) < 4.78 is 26.6. The first-order chi connectivity index (χ1) is 9.81. The lowest BCUT2D eigenvalue weighted by Gasteiger charge is -2.45. The molecule has 2 aromatic rings. The van der Waals surface area contributed by atoms with E-state index in [0.29, 0.717) is 16.9 Å². The van der Waals surface area contributed by atoms with Gasteiger partial charge in [0, 0.05) is 36.2 Å². The molecule has 21 heavy (non-hydrogen) atoms. The Bertz CT molecular complexity index is 678. The fourth-order valence-corrected chi connectivity index (χ4v) is 3.02. The molecule has 1 saturated carbocycles. The van der Waals surface area contributed by atoms with E-state index < -0.39 is 11.3 Å². The molecule has 6 heteroatoms. The van der Waals surface area contributed by atoms with E-state index in [1.807, 2.05) is 6.07 Å². The Kier molecular flexibility index (Phi) is 2.86. The van der Waals surface area contributed by atoms with E-state index in [-0.39, 0.29) is 18.7 Å². The van der Waals surface area contributed by atoms with Gasteiger partial charge >= 0.3 is 0 Å². The first-order valence-electron chi connectivity index (χ1n) is 6.65. The van der Waals surface area contributed by atoms with Crippen LogP contribution in [-0.2, 0) is 5.41 Å². The molecule has 0 aliphatic heterocycles. The molecule has 0 atom stereocenters. The van der Waals surface area contributed by atoms with Gasteiger partial charge in [-0.2, -0.15) is 0 Å². The van der Waals surface area contributed by atoms with Crippen LogP contribution in [0.15, 0.2) is 30.6 Å². The average Bonchev–Trinajstić information content (AvgIpc) is 2.40. The maximum absolute atomic E-state index is 13.3. The summed E-state index contributed by atoms with van der Waals surface area (Å²) in [6.07, 6.45) is 2.86. The van der Waals surface area contributed by atoms with Crippen LogP contribution in [0.3, 0.4) is 0 Å². The lowest BCUT2D eigenvalue weighted by Crippen LogP contribution is -2.47. The van der Waals surface area contributed by atoms with E-state index in [2.05, 4.69) is 9.97 Å². The smallest absolute Gasteiger partial charge is 0.249 e. The zero-order valence-corrected chi connectivity index (χ0v) is 11.6. The van der Waals surface area contributed by atoms with E-state index in [9.17, 15) is 8.78 Å². The van der Waals surface area contributed by atoms with Crippen molar-refractivity contribution in [2.24, 2.45) is 0 Å². The number of hydrogen-bond donors (Lipinski definition) is 2. The molecular formula is C15H16F2N4. The summed E-state index contributed by atoms with van der Waals surface area (Å²) in [5.74, 6) is -2.46. The van der Waals surface area contributed by atoms with Crippen LogP contribution in [0.4, 0.5) is 20.3 Å². The molecule has 0 aromatic carbocycles. The van der Waals surface area contributed by atoms with Gasteiger partial charge in [0.25, 0.3) is 0 Å². The number of pyridine rings is 2. The molecule has 0 saturated heterocycles. The molecule has 1 aliphatic carbocycles. The number of rotatable bonds is 2. The average molecular weight is 290 g/mol. The summed E-state index contributed by atoms with van der Waals surface area (Å²) in [6, 6.07) is 5.37. The predicted octanol–water partition coefficient (Wildman–Crippen LogP) is 2.99. The lowest BCUT2D eigenvalue weighted by atomic mass is 9.63. The predicted molar refractivity (Wildman–Crippen MR) is 77.8 cm³/mol. The van der Waals surface area contributed by atoms with Crippen molar-refractivity contribution in [2.75, 3.05) is 11.5 Å². The van der Waals surface area contributed by atoms with Crippen LogP contribution in [0.2, 0.25) is 0 Å². The second kappa shape index (κ2) is 4.38. The molecule has 0 bridgehead atoms. The Morgan fingerprint density at radius 2 is 1.95 bits per heavy atom. The van der Waals surface area contributed by atoms with Gasteiger partial charge in [0.15, 0.2) is 0 Å². The quantitative estimate of drug-likeness (QED) is 0.891. The van der Waals surface area contributed by atoms with E-state index in [1.54, 1.807) is 31.5 Å². The Morgan fingerprint density at radius 1 is 1.24 bits per heavy atom. The Hall–Kier alpha value is -2.24. The number of alkyl halides is 2. The van der Waals surface area contributed by atoms with Crippen molar-refractivity contribution in [3.8, 4) is 11.3 Å². The summed E-state index contributed by atoms with van der Waals surface area (Å²) >= 11 is 0. The van der Waals surface area contributed by atoms with Gasteiger partial charge in [0.05, 0.1) is 11.4 Å². The normalized spacial score (nSPS) is 19.0. The summed E-state index contributed by atoms with van der Waals surface area (Å²) in [5.41, 5.74) is 13.5. The van der Waals surface area contributed by atoms with Gasteiger partial charge in [0.1, 0.15) is 5.82 Å². The summed E-state index contributed by atoms with van der Waals surface area (Å²) in [4.78, 5) is 8.27. The minimum absolute atomic E-state index is 0.169. The summed E-state index contributed by atoms with van der Waals surface area (Å²) in [6.45, 7) is 1.78. The van der Waals surface area contributed by atoms with Gasteiger partial charge in [-0.15, -0.1) is 0 Å². The van der Waals surface area contributed by atoms with E-state index in [0.717, 1.165) is 5.56 Å². The SMILES string of the molecule is CC1(c2cc(-c3cccnc3)nc(N)c2N)CC(F)(F)C1. The molecule has 1 aliphatic rings. The molecule has 110 valence electrons. The topological polar surface area (TPSA) is 77.8 Å². The van der Waals surface area contributed by atoms with E-state index in [4.69, 9.17) is 11.5 Å². The first-order valence-corrected chi connectivity index (χ1v) is 6.65. The highest BCUT2D eigenvalue weighted by Gasteiger charge is 2.55. The van der Waals surface area contributed by atoms with Crippen LogP contribution in [0, 0.1) is 0 Å². The molecule has 4 N–H and O–H groups in total. The zero-order chi connectivity index (χ0) is 15.3. The standard InChI is InChI=1S/C15H16F2N4/c1-14(7-15(16,17)8-14)10-5-11(21-13(19)12(10)18)9-3-2-4-20-6-9/h2-6H,7-8,18H2,1H3,(H2,19,21). The minimum Gasteiger partial charge on any atom is -0.396 e. The molecule has 0 radical (unpaired) electrons. The van der Waals surface area contributed by atoms with Crippen molar-refractivity contribution in [1.82, 2.24) is 9.97 Å². The molecule has 3 rings (SSSR count). The van der Waals surface area contributed by atoms with Crippen molar-refractivity contribution in [2.45, 2.75) is 31.1 Å². The van der Waals surface area contributed by atoms with Gasteiger partial charge in [0.2, 0.25) is 5.92 Å². The number of nitrogens with zero attached hydrogens (tertiary/aromatic N) is 2. The van der Waals surface area contributed by atoms with Gasteiger partial charge in [-0.25, -0.2) is 13.8 Å². The second-order valence-corrected chi connectivity index (χ2v) is 5.87. The van der Waals surface area contributed by atoms with Crippen molar-refractivity contribution >= 4 is 11.5 Å². The van der Waals surface area contributed by atoms with Crippen LogP contribution in [0.1, 0.15) is 25.3 Å². The number of hydrogen-bond acceptors (Lipinski definition) is 4. The molecule has 0 unspecified atom stereocenters. The third-order valence-electron chi connectivity index (χ3n) is 3.99. The number of aromatic nitrogens is 2. The fraction of sp³-hybridized carbons (Fsp3) is 0.333. The van der Waals surface area contributed by atoms with Gasteiger partial charge in [-0.3, -0.25) is 4.98 Å². The molecule has 4 nitrogen and oxygen atoms in total. The van der Waals surface area contributed by atoms with Crippen molar-refractivity contribution in [1.29, 1.82) is 0 Å². The maximum Gasteiger partial charge on any atom is 0.249 e. The number of nitrogen functional groups attached to an aromatic ring is 2. The number of anilines is 2. The van der Waals surface area contributed by atoms with Gasteiger partial charge < -0.3 is 11.5 Å². The van der Waals surface area contributed by atoms with E-state index in [1.165, 1.54) is 0 Å². The lowest BCUT2D eigenvalue weighted by molar-refractivity contribution is -0.120. The highest BCUT2D eigenvalue weighted by molar-refractivity contribution is 5.72. The maximum atomic E-state index is 13.3. The van der Waals surface area contributed by atoms with Crippen LogP contribution < -0.4 is 11.5 Å². The van der Waals surface area contributed by atoms with Crippen LogP contribution in [-0.4, -0.2) is 15.9 Å². The van der Waals surface area contributed by atoms with Gasteiger partial charge in [-0.05, 0) is 23.8 Å². The van der Waals surface area contributed by atoms with Crippen LogP contribution in [0.5, 0.6) is 0 Å².